The maximum atomic E-state index is 12.2. The van der Waals surface area contributed by atoms with E-state index >= 15 is 0 Å². The third-order valence-corrected chi connectivity index (χ3v) is 4.52. The normalized spacial score (nSPS) is 28.5. The van der Waals surface area contributed by atoms with Gasteiger partial charge in [-0.15, -0.1) is 0 Å². The minimum absolute atomic E-state index is 0.124. The van der Waals surface area contributed by atoms with Crippen molar-refractivity contribution < 1.29 is 14.7 Å². The number of amides is 2. The molecular formula is C14H24N2O3. The first-order valence-electron chi connectivity index (χ1n) is 7.27. The number of hydrogen-bond acceptors (Lipinski definition) is 2. The molecule has 0 bridgehead atoms. The molecule has 0 aromatic rings. The van der Waals surface area contributed by atoms with Crippen LogP contribution in [0, 0.1) is 11.8 Å². The van der Waals surface area contributed by atoms with Crippen LogP contribution < -0.4 is 5.32 Å². The number of hydrogen-bond donors (Lipinski definition) is 2. The number of carboxylic acids is 1. The minimum atomic E-state index is -0.916. The average molecular weight is 268 g/mol. The quantitative estimate of drug-likeness (QED) is 0.820. The lowest BCUT2D eigenvalue weighted by atomic mass is 9.85. The second-order valence-electron chi connectivity index (χ2n) is 6.04. The summed E-state index contributed by atoms with van der Waals surface area (Å²) in [6, 6.07) is -0.714. The SMILES string of the molecule is CC1CCCCC1N(C)C(=O)NC(C(=O)O)C1CC1. The van der Waals surface area contributed by atoms with Crippen molar-refractivity contribution in [1.29, 1.82) is 0 Å². The van der Waals surface area contributed by atoms with Gasteiger partial charge in [-0.1, -0.05) is 19.8 Å². The van der Waals surface area contributed by atoms with Gasteiger partial charge in [0.05, 0.1) is 0 Å². The molecule has 0 spiro atoms. The number of carbonyl (C=O) groups is 2. The van der Waals surface area contributed by atoms with E-state index in [1.54, 1.807) is 11.9 Å². The monoisotopic (exact) mass is 268 g/mol. The van der Waals surface area contributed by atoms with Crippen LogP contribution in [-0.2, 0) is 4.79 Å². The molecule has 5 nitrogen and oxygen atoms in total. The van der Waals surface area contributed by atoms with Crippen molar-refractivity contribution in [3.05, 3.63) is 0 Å². The first-order valence-corrected chi connectivity index (χ1v) is 7.27. The van der Waals surface area contributed by atoms with Gasteiger partial charge >= 0.3 is 12.0 Å². The van der Waals surface area contributed by atoms with E-state index in [2.05, 4.69) is 12.2 Å². The highest BCUT2D eigenvalue weighted by Gasteiger charge is 2.38. The zero-order chi connectivity index (χ0) is 14.0. The third-order valence-electron chi connectivity index (χ3n) is 4.52. The second-order valence-corrected chi connectivity index (χ2v) is 6.04. The average Bonchev–Trinajstić information content (AvgIpc) is 3.19. The van der Waals surface area contributed by atoms with Gasteiger partial charge in [-0.3, -0.25) is 0 Å². The smallest absolute Gasteiger partial charge is 0.326 e. The van der Waals surface area contributed by atoms with Crippen LogP contribution >= 0.6 is 0 Å². The molecule has 2 aliphatic rings. The van der Waals surface area contributed by atoms with Gasteiger partial charge < -0.3 is 15.3 Å². The van der Waals surface area contributed by atoms with Gasteiger partial charge in [0.2, 0.25) is 0 Å². The van der Waals surface area contributed by atoms with E-state index in [-0.39, 0.29) is 18.0 Å². The summed E-state index contributed by atoms with van der Waals surface area (Å²) in [7, 11) is 1.79. The van der Waals surface area contributed by atoms with Crippen LogP contribution in [0.5, 0.6) is 0 Å². The van der Waals surface area contributed by atoms with Crippen LogP contribution in [0.3, 0.4) is 0 Å². The van der Waals surface area contributed by atoms with Crippen LogP contribution in [0.4, 0.5) is 4.79 Å². The number of nitrogens with zero attached hydrogens (tertiary/aromatic N) is 1. The molecule has 0 aliphatic heterocycles. The van der Waals surface area contributed by atoms with E-state index in [0.29, 0.717) is 5.92 Å². The minimum Gasteiger partial charge on any atom is -0.480 e. The highest BCUT2D eigenvalue weighted by atomic mass is 16.4. The fourth-order valence-electron chi connectivity index (χ4n) is 3.07. The first-order chi connectivity index (χ1) is 9.00. The van der Waals surface area contributed by atoms with Gasteiger partial charge in [-0.25, -0.2) is 9.59 Å². The summed E-state index contributed by atoms with van der Waals surface area (Å²) in [6.07, 6.45) is 6.35. The summed E-state index contributed by atoms with van der Waals surface area (Å²) in [5.41, 5.74) is 0. The van der Waals surface area contributed by atoms with Gasteiger partial charge in [-0.05, 0) is 37.5 Å². The fraction of sp³-hybridized carbons (Fsp3) is 0.857. The van der Waals surface area contributed by atoms with Crippen LogP contribution in [0.25, 0.3) is 0 Å². The highest BCUT2D eigenvalue weighted by Crippen LogP contribution is 2.33. The number of nitrogens with one attached hydrogen (secondary N) is 1. The maximum Gasteiger partial charge on any atom is 0.326 e. The largest absolute Gasteiger partial charge is 0.480 e. The summed E-state index contributed by atoms with van der Waals surface area (Å²) in [5, 5.41) is 11.8. The van der Waals surface area contributed by atoms with Gasteiger partial charge in [-0.2, -0.15) is 0 Å². The fourth-order valence-corrected chi connectivity index (χ4v) is 3.07. The Balaban J connectivity index is 1.92. The number of carboxylic acid groups (broad SMARTS) is 1. The predicted octanol–water partition coefficient (Wildman–Crippen LogP) is 2.07. The molecule has 0 aromatic carbocycles. The predicted molar refractivity (Wildman–Crippen MR) is 71.9 cm³/mol. The molecule has 3 unspecified atom stereocenters. The standard InChI is InChI=1S/C14H24N2O3/c1-9-5-3-4-6-11(9)16(2)14(19)15-12(13(17)18)10-7-8-10/h9-12H,3-8H2,1-2H3,(H,15,19)(H,17,18). The third kappa shape index (κ3) is 3.39. The Morgan fingerprint density at radius 3 is 2.37 bits per heavy atom. The molecule has 5 heteroatoms. The van der Waals surface area contributed by atoms with Crippen LogP contribution in [0.2, 0.25) is 0 Å². The van der Waals surface area contributed by atoms with Crippen molar-refractivity contribution in [2.75, 3.05) is 7.05 Å². The molecular weight excluding hydrogens is 244 g/mol. The van der Waals surface area contributed by atoms with Crippen LogP contribution in [-0.4, -0.2) is 41.1 Å². The molecule has 0 radical (unpaired) electrons. The number of carbonyl (C=O) groups excluding carboxylic acids is 1. The molecule has 2 fully saturated rings. The van der Waals surface area contributed by atoms with Crippen molar-refractivity contribution in [3.63, 3.8) is 0 Å². The molecule has 0 heterocycles. The summed E-state index contributed by atoms with van der Waals surface area (Å²) in [6.45, 7) is 2.17. The van der Waals surface area contributed by atoms with Gasteiger partial charge in [0.1, 0.15) is 6.04 Å². The van der Waals surface area contributed by atoms with Crippen molar-refractivity contribution in [3.8, 4) is 0 Å². The molecule has 3 atom stereocenters. The summed E-state index contributed by atoms with van der Waals surface area (Å²) in [5.74, 6) is -0.298. The summed E-state index contributed by atoms with van der Waals surface area (Å²) < 4.78 is 0. The van der Waals surface area contributed by atoms with Gasteiger partial charge in [0.15, 0.2) is 0 Å². The summed E-state index contributed by atoms with van der Waals surface area (Å²) in [4.78, 5) is 25.0. The van der Waals surface area contributed by atoms with E-state index < -0.39 is 12.0 Å². The molecule has 2 aliphatic carbocycles. The van der Waals surface area contributed by atoms with E-state index in [1.165, 1.54) is 6.42 Å². The van der Waals surface area contributed by atoms with E-state index in [0.717, 1.165) is 32.1 Å². The molecule has 0 aromatic heterocycles. The molecule has 0 saturated heterocycles. The molecule has 2 rings (SSSR count). The molecule has 2 N–H and O–H groups in total. The maximum absolute atomic E-state index is 12.2. The van der Waals surface area contributed by atoms with Gasteiger partial charge in [0.25, 0.3) is 0 Å². The second kappa shape index (κ2) is 5.80. The number of urea groups is 1. The van der Waals surface area contributed by atoms with E-state index in [1.807, 2.05) is 0 Å². The Kier molecular flexibility index (Phi) is 4.32. The molecule has 2 amide bonds. The van der Waals surface area contributed by atoms with Crippen LogP contribution in [0.15, 0.2) is 0 Å². The first kappa shape index (κ1) is 14.2. The molecule has 2 saturated carbocycles. The zero-order valence-corrected chi connectivity index (χ0v) is 11.8. The molecule has 108 valence electrons. The van der Waals surface area contributed by atoms with Crippen molar-refractivity contribution in [1.82, 2.24) is 10.2 Å². The lowest BCUT2D eigenvalue weighted by molar-refractivity contribution is -0.139. The van der Waals surface area contributed by atoms with Crippen molar-refractivity contribution >= 4 is 12.0 Å². The summed E-state index contributed by atoms with van der Waals surface area (Å²) >= 11 is 0. The van der Waals surface area contributed by atoms with Crippen LogP contribution in [0.1, 0.15) is 45.4 Å². The highest BCUT2D eigenvalue weighted by molar-refractivity contribution is 5.83. The number of aliphatic carboxylic acids is 1. The zero-order valence-electron chi connectivity index (χ0n) is 11.8. The lowest BCUT2D eigenvalue weighted by Crippen LogP contribution is -2.52. The van der Waals surface area contributed by atoms with Crippen molar-refractivity contribution in [2.45, 2.75) is 57.5 Å². The van der Waals surface area contributed by atoms with Gasteiger partial charge in [0, 0.05) is 13.1 Å². The Morgan fingerprint density at radius 1 is 1.21 bits per heavy atom. The Morgan fingerprint density at radius 2 is 1.84 bits per heavy atom. The van der Waals surface area contributed by atoms with E-state index in [4.69, 9.17) is 5.11 Å². The Bertz CT molecular complexity index is 355. The molecule has 19 heavy (non-hydrogen) atoms. The number of rotatable bonds is 4. The Hall–Kier alpha value is -1.26. The topological polar surface area (TPSA) is 69.6 Å². The van der Waals surface area contributed by atoms with Crippen molar-refractivity contribution in [2.24, 2.45) is 11.8 Å². The van der Waals surface area contributed by atoms with E-state index in [9.17, 15) is 9.59 Å². The lowest BCUT2D eigenvalue weighted by Gasteiger charge is -2.36. The Labute approximate surface area is 114 Å².